The number of epoxide rings is 1. The number of amides is 1. The maximum absolute atomic E-state index is 11.8. The van der Waals surface area contributed by atoms with Crippen LogP contribution in [0.1, 0.15) is 39.7 Å². The number of phenolic OH excluding ortho intramolecular Hbond substituents is 2. The molecular formula is C33H47N3O8. The van der Waals surface area contributed by atoms with Crippen molar-refractivity contribution in [2.24, 2.45) is 22.6 Å². The highest BCUT2D eigenvalue weighted by atomic mass is 16.6. The lowest BCUT2D eigenvalue weighted by Crippen LogP contribution is -2.37. The van der Waals surface area contributed by atoms with E-state index in [1.165, 1.54) is 32.6 Å². The van der Waals surface area contributed by atoms with Gasteiger partial charge in [-0.1, -0.05) is 50.8 Å². The molecule has 0 radical (unpaired) electrons. The summed E-state index contributed by atoms with van der Waals surface area (Å²) in [6, 6.07) is 1.48. The lowest BCUT2D eigenvalue weighted by Gasteiger charge is -2.30. The number of aliphatic hydroxyl groups excluding tert-OH is 1. The summed E-state index contributed by atoms with van der Waals surface area (Å²) in [5.74, 6) is -0.602. The average Bonchev–Trinajstić information content (AvgIpc) is 3.78. The second-order valence-electron chi connectivity index (χ2n) is 11.6. The molecule has 0 aromatic heterocycles. The van der Waals surface area contributed by atoms with E-state index in [0.717, 1.165) is 5.57 Å². The Kier molecular flexibility index (Phi) is 12.2. The van der Waals surface area contributed by atoms with Gasteiger partial charge in [-0.3, -0.25) is 4.99 Å². The number of hydrogen-bond donors (Lipinski definition) is 4. The number of primary amides is 1. The van der Waals surface area contributed by atoms with Crippen LogP contribution in [0.25, 0.3) is 0 Å². The number of aromatic hydroxyl groups is 2. The lowest BCUT2D eigenvalue weighted by molar-refractivity contribution is -0.0399. The summed E-state index contributed by atoms with van der Waals surface area (Å²) in [6.07, 6.45) is 6.41. The zero-order valence-corrected chi connectivity index (χ0v) is 26.6. The molecule has 2 heterocycles. The molecule has 2 aliphatic rings. The molecule has 8 atom stereocenters. The minimum absolute atomic E-state index is 0.0107. The summed E-state index contributed by atoms with van der Waals surface area (Å²) >= 11 is 0. The van der Waals surface area contributed by atoms with Gasteiger partial charge in [-0.25, -0.2) is 4.79 Å². The topological polar surface area (TPSA) is 160 Å². The monoisotopic (exact) mass is 613 g/mol. The number of likely N-dealkylation sites (N-methyl/N-ethyl adjacent to an activating group) is 1. The normalized spacial score (nSPS) is 30.2. The number of fused-ring (bicyclic) bond motifs is 3. The second-order valence-corrected chi connectivity index (χ2v) is 11.6. The molecule has 11 nitrogen and oxygen atoms in total. The third kappa shape index (κ3) is 8.29. The molecule has 1 aromatic carbocycles. The van der Waals surface area contributed by atoms with Crippen LogP contribution in [0.2, 0.25) is 0 Å². The van der Waals surface area contributed by atoms with E-state index in [2.05, 4.69) is 11.6 Å². The minimum Gasteiger partial charge on any atom is -0.506 e. The highest BCUT2D eigenvalue weighted by Gasteiger charge is 2.44. The van der Waals surface area contributed by atoms with E-state index in [9.17, 15) is 20.1 Å². The maximum Gasteiger partial charge on any atom is 0.405 e. The number of nitrogens with zero attached hydrogens (tertiary/aromatic N) is 2. The number of ether oxygens (including phenoxy) is 4. The molecule has 1 saturated heterocycles. The van der Waals surface area contributed by atoms with Crippen molar-refractivity contribution in [2.75, 3.05) is 26.2 Å². The molecule has 2 aliphatic heterocycles. The van der Waals surface area contributed by atoms with Gasteiger partial charge in [0.1, 0.15) is 29.4 Å². The van der Waals surface area contributed by atoms with E-state index < -0.39 is 36.4 Å². The van der Waals surface area contributed by atoms with Gasteiger partial charge in [0.2, 0.25) is 0 Å². The molecule has 0 spiro atoms. The SMILES string of the molecule is C=CC=Nc1c(O)cc2c(O)c1CC(C)CC(OC)C(O)C(C)C=C(C)C(OC(N)=O)C(OC)C=CC=C(C)C1OC1N2C. The van der Waals surface area contributed by atoms with Crippen LogP contribution in [-0.4, -0.2) is 85.6 Å². The first-order chi connectivity index (χ1) is 20.8. The van der Waals surface area contributed by atoms with Gasteiger partial charge in [-0.05, 0) is 43.8 Å². The zero-order chi connectivity index (χ0) is 32.7. The Bertz CT molecular complexity index is 1310. The second kappa shape index (κ2) is 15.4. The third-order valence-electron chi connectivity index (χ3n) is 8.18. The number of benzene rings is 1. The highest BCUT2D eigenvalue weighted by molar-refractivity contribution is 5.80. The smallest absolute Gasteiger partial charge is 0.405 e. The molecule has 1 fully saturated rings. The molecule has 0 saturated carbocycles. The Morgan fingerprint density at radius 2 is 1.91 bits per heavy atom. The van der Waals surface area contributed by atoms with Crippen molar-refractivity contribution in [3.63, 3.8) is 0 Å². The molecule has 2 bridgehead atoms. The number of aliphatic hydroxyl groups is 1. The van der Waals surface area contributed by atoms with E-state index in [1.54, 1.807) is 31.0 Å². The summed E-state index contributed by atoms with van der Waals surface area (Å²) in [6.45, 7) is 11.2. The van der Waals surface area contributed by atoms with Crippen molar-refractivity contribution in [3.8, 4) is 11.5 Å². The fraction of sp³-hybridized carbons (Fsp3) is 0.515. The van der Waals surface area contributed by atoms with Gasteiger partial charge in [0, 0.05) is 45.0 Å². The average molecular weight is 614 g/mol. The molecule has 5 N–H and O–H groups in total. The number of carbonyl (C=O) groups excluding carboxylic acids is 1. The molecule has 1 aromatic rings. The number of allylic oxidation sites excluding steroid dienone is 3. The molecule has 8 unspecified atom stereocenters. The first-order valence-corrected chi connectivity index (χ1v) is 14.7. The van der Waals surface area contributed by atoms with Crippen LogP contribution in [0, 0.1) is 11.8 Å². The third-order valence-corrected chi connectivity index (χ3v) is 8.18. The number of anilines is 1. The van der Waals surface area contributed by atoms with Gasteiger partial charge < -0.3 is 44.9 Å². The first-order valence-electron chi connectivity index (χ1n) is 14.7. The van der Waals surface area contributed by atoms with Gasteiger partial charge >= 0.3 is 6.09 Å². The number of rotatable bonds is 5. The van der Waals surface area contributed by atoms with E-state index in [-0.39, 0.29) is 35.4 Å². The Labute approximate surface area is 260 Å². The van der Waals surface area contributed by atoms with Crippen LogP contribution in [-0.2, 0) is 25.4 Å². The van der Waals surface area contributed by atoms with Crippen molar-refractivity contribution in [1.82, 2.24) is 0 Å². The minimum atomic E-state index is -0.942. The number of aliphatic imine (C=N–C) groups is 1. The lowest BCUT2D eigenvalue weighted by atomic mass is 9.87. The Hall–Kier alpha value is -3.64. The van der Waals surface area contributed by atoms with E-state index in [4.69, 9.17) is 24.7 Å². The van der Waals surface area contributed by atoms with Crippen molar-refractivity contribution < 1.29 is 39.1 Å². The van der Waals surface area contributed by atoms with Gasteiger partial charge in [0.25, 0.3) is 0 Å². The van der Waals surface area contributed by atoms with E-state index in [1.807, 2.05) is 32.9 Å². The Morgan fingerprint density at radius 3 is 2.52 bits per heavy atom. The number of phenols is 2. The molecule has 3 rings (SSSR count). The van der Waals surface area contributed by atoms with Crippen molar-refractivity contribution in [3.05, 3.63) is 59.7 Å². The molecule has 1 amide bonds. The van der Waals surface area contributed by atoms with Crippen LogP contribution in [0.4, 0.5) is 16.2 Å². The maximum atomic E-state index is 11.8. The summed E-state index contributed by atoms with van der Waals surface area (Å²) in [5.41, 5.74) is 8.08. The quantitative estimate of drug-likeness (QED) is 0.160. The van der Waals surface area contributed by atoms with Crippen LogP contribution in [0.5, 0.6) is 11.5 Å². The summed E-state index contributed by atoms with van der Waals surface area (Å²) < 4.78 is 22.8. The fourth-order valence-corrected chi connectivity index (χ4v) is 5.70. The number of carbonyl (C=O) groups is 1. The van der Waals surface area contributed by atoms with Gasteiger partial charge in [0.05, 0.1) is 17.9 Å². The highest BCUT2D eigenvalue weighted by Crippen LogP contribution is 2.47. The van der Waals surface area contributed by atoms with Crippen LogP contribution < -0.4 is 10.6 Å². The Morgan fingerprint density at radius 1 is 1.20 bits per heavy atom. The van der Waals surface area contributed by atoms with Crippen LogP contribution in [0.3, 0.4) is 0 Å². The largest absolute Gasteiger partial charge is 0.506 e. The van der Waals surface area contributed by atoms with E-state index in [0.29, 0.717) is 29.7 Å². The standard InChI is InChI=1S/C33H47N3O8/c1-9-13-35-27-22-14-18(2)15-26(42-8)28(38)20(4)16-21(5)30(44-33(34)40)25(41-7)12-10-11-19(3)31-32(43-31)36(6)23(29(22)39)17-24(27)37/h9-13,16-18,20,25-26,28,30-32,37-39H,1,14-15H2,2-8H3,(H2,34,40). The van der Waals surface area contributed by atoms with Crippen molar-refractivity contribution in [1.29, 1.82) is 0 Å². The number of hydrogen-bond acceptors (Lipinski definition) is 10. The molecule has 242 valence electrons. The molecule has 11 heteroatoms. The van der Waals surface area contributed by atoms with Crippen molar-refractivity contribution >= 4 is 23.7 Å². The molecule has 44 heavy (non-hydrogen) atoms. The molecular weight excluding hydrogens is 566 g/mol. The summed E-state index contributed by atoms with van der Waals surface area (Å²) in [5, 5.41) is 33.9. The molecule has 0 aliphatic carbocycles. The van der Waals surface area contributed by atoms with Crippen LogP contribution >= 0.6 is 0 Å². The van der Waals surface area contributed by atoms with Gasteiger partial charge in [0.15, 0.2) is 12.3 Å². The number of nitrogens with two attached hydrogens (primary N) is 1. The Balaban J connectivity index is 2.12. The fourth-order valence-electron chi connectivity index (χ4n) is 5.70. The zero-order valence-electron chi connectivity index (χ0n) is 26.6. The first kappa shape index (κ1) is 34.8. The van der Waals surface area contributed by atoms with Gasteiger partial charge in [-0.2, -0.15) is 0 Å². The van der Waals surface area contributed by atoms with Crippen LogP contribution in [0.15, 0.2) is 59.2 Å². The summed E-state index contributed by atoms with van der Waals surface area (Å²) in [4.78, 5) is 17.9. The summed E-state index contributed by atoms with van der Waals surface area (Å²) in [7, 11) is 4.83. The van der Waals surface area contributed by atoms with Gasteiger partial charge in [-0.15, -0.1) is 0 Å². The predicted octanol–water partition coefficient (Wildman–Crippen LogP) is 4.67. The van der Waals surface area contributed by atoms with E-state index >= 15 is 0 Å². The number of methoxy groups -OCH3 is 2. The predicted molar refractivity (Wildman–Crippen MR) is 171 cm³/mol. The van der Waals surface area contributed by atoms with Crippen molar-refractivity contribution in [2.45, 2.75) is 77.3 Å².